The van der Waals surface area contributed by atoms with Crippen molar-refractivity contribution in [1.29, 1.82) is 0 Å². The number of hydrogen-bond donors (Lipinski definition) is 0. The van der Waals surface area contributed by atoms with Gasteiger partial charge in [0.2, 0.25) is 5.88 Å². The summed E-state index contributed by atoms with van der Waals surface area (Å²) in [5, 5.41) is 5.83. The zero-order valence-corrected chi connectivity index (χ0v) is 15.6. The maximum atomic E-state index is 11.8. The third-order valence-corrected chi connectivity index (χ3v) is 4.69. The van der Waals surface area contributed by atoms with Gasteiger partial charge in [-0.15, -0.1) is 0 Å². The summed E-state index contributed by atoms with van der Waals surface area (Å²) in [7, 11) is 0. The number of carbonyl (C=O) groups excluding carboxylic acids is 1. The van der Waals surface area contributed by atoms with Crippen LogP contribution in [0.3, 0.4) is 0 Å². The zero-order chi connectivity index (χ0) is 19.0. The maximum absolute atomic E-state index is 11.8. The number of carbonyl (C=O) groups is 1. The van der Waals surface area contributed by atoms with Crippen LogP contribution in [0.2, 0.25) is 10.0 Å². The SMILES string of the molecule is CC(=O)c1ccccc1Oc1ncnc2c1cnn2-c1ccc(Cl)c(Cl)c1. The molecule has 0 radical (unpaired) electrons. The quantitative estimate of drug-likeness (QED) is 0.446. The van der Waals surface area contributed by atoms with Crippen LogP contribution in [0.5, 0.6) is 11.6 Å². The van der Waals surface area contributed by atoms with Gasteiger partial charge in [0.15, 0.2) is 11.4 Å². The Labute approximate surface area is 164 Å². The van der Waals surface area contributed by atoms with E-state index in [0.29, 0.717) is 44.0 Å². The first-order valence-electron chi connectivity index (χ1n) is 7.96. The number of aromatic nitrogens is 4. The van der Waals surface area contributed by atoms with Crippen molar-refractivity contribution in [3.8, 4) is 17.3 Å². The molecule has 0 atom stereocenters. The van der Waals surface area contributed by atoms with Crippen LogP contribution < -0.4 is 4.74 Å². The van der Waals surface area contributed by atoms with Crippen LogP contribution >= 0.6 is 23.2 Å². The Bertz CT molecular complexity index is 1170. The molecular weight excluding hydrogens is 387 g/mol. The molecule has 134 valence electrons. The number of fused-ring (bicyclic) bond motifs is 1. The van der Waals surface area contributed by atoms with E-state index < -0.39 is 0 Å². The van der Waals surface area contributed by atoms with Crippen molar-refractivity contribution in [2.24, 2.45) is 0 Å². The summed E-state index contributed by atoms with van der Waals surface area (Å²) in [6, 6.07) is 12.2. The third-order valence-electron chi connectivity index (χ3n) is 3.95. The molecule has 0 saturated heterocycles. The lowest BCUT2D eigenvalue weighted by molar-refractivity contribution is 0.101. The first kappa shape index (κ1) is 17.5. The number of rotatable bonds is 4. The lowest BCUT2D eigenvalue weighted by Crippen LogP contribution is -2.00. The highest BCUT2D eigenvalue weighted by Crippen LogP contribution is 2.31. The van der Waals surface area contributed by atoms with Gasteiger partial charge < -0.3 is 4.74 Å². The molecule has 2 aromatic heterocycles. The molecule has 4 aromatic rings. The number of benzene rings is 2. The van der Waals surface area contributed by atoms with Gasteiger partial charge in [-0.2, -0.15) is 5.10 Å². The van der Waals surface area contributed by atoms with E-state index >= 15 is 0 Å². The monoisotopic (exact) mass is 398 g/mol. The number of ketones is 1. The van der Waals surface area contributed by atoms with E-state index in [1.807, 2.05) is 0 Å². The van der Waals surface area contributed by atoms with Gasteiger partial charge in [0.1, 0.15) is 17.5 Å². The van der Waals surface area contributed by atoms with Crippen LogP contribution in [0.15, 0.2) is 55.0 Å². The Morgan fingerprint density at radius 3 is 2.67 bits per heavy atom. The molecule has 6 nitrogen and oxygen atoms in total. The van der Waals surface area contributed by atoms with Crippen LogP contribution in [0.25, 0.3) is 16.7 Å². The van der Waals surface area contributed by atoms with E-state index in [9.17, 15) is 4.79 Å². The zero-order valence-electron chi connectivity index (χ0n) is 14.1. The second-order valence-electron chi connectivity index (χ2n) is 5.73. The number of Topliss-reactive ketones (excluding diaryl/α,β-unsaturated/α-hetero) is 1. The van der Waals surface area contributed by atoms with E-state index in [1.165, 1.54) is 13.3 Å². The summed E-state index contributed by atoms with van der Waals surface area (Å²) in [6.45, 7) is 1.49. The molecule has 4 rings (SSSR count). The number of hydrogen-bond acceptors (Lipinski definition) is 5. The van der Waals surface area contributed by atoms with Crippen LogP contribution in [0.4, 0.5) is 0 Å². The summed E-state index contributed by atoms with van der Waals surface area (Å²) in [5.41, 5.74) is 1.72. The first-order chi connectivity index (χ1) is 13.0. The largest absolute Gasteiger partial charge is 0.437 e. The molecule has 0 unspecified atom stereocenters. The number of halogens is 2. The van der Waals surface area contributed by atoms with E-state index in [-0.39, 0.29) is 5.78 Å². The average Bonchev–Trinajstić information content (AvgIpc) is 3.09. The lowest BCUT2D eigenvalue weighted by Gasteiger charge is -2.09. The highest BCUT2D eigenvalue weighted by Gasteiger charge is 2.15. The van der Waals surface area contributed by atoms with Gasteiger partial charge in [-0.1, -0.05) is 35.3 Å². The molecule has 0 aliphatic rings. The van der Waals surface area contributed by atoms with Crippen LogP contribution in [-0.4, -0.2) is 25.5 Å². The fraction of sp³-hybridized carbons (Fsp3) is 0.0526. The standard InChI is InChI=1S/C19H12Cl2N4O2/c1-11(26)13-4-2-3-5-17(13)27-19-14-9-24-25(18(14)22-10-23-19)12-6-7-15(20)16(21)8-12/h2-10H,1H3. The van der Waals surface area contributed by atoms with E-state index in [2.05, 4.69) is 15.1 Å². The maximum Gasteiger partial charge on any atom is 0.233 e. The minimum atomic E-state index is -0.0950. The van der Waals surface area contributed by atoms with Crippen LogP contribution in [0.1, 0.15) is 17.3 Å². The Morgan fingerprint density at radius 1 is 1.07 bits per heavy atom. The molecule has 2 heterocycles. The summed E-state index contributed by atoms with van der Waals surface area (Å²) in [4.78, 5) is 20.3. The summed E-state index contributed by atoms with van der Waals surface area (Å²) >= 11 is 12.1. The van der Waals surface area contributed by atoms with Crippen molar-refractivity contribution in [2.75, 3.05) is 0 Å². The highest BCUT2D eigenvalue weighted by atomic mass is 35.5. The average molecular weight is 399 g/mol. The van der Waals surface area contributed by atoms with Gasteiger partial charge in [-0.05, 0) is 37.3 Å². The predicted molar refractivity (Wildman–Crippen MR) is 103 cm³/mol. The van der Waals surface area contributed by atoms with Crippen molar-refractivity contribution >= 4 is 40.0 Å². The Hall–Kier alpha value is -2.96. The second-order valence-corrected chi connectivity index (χ2v) is 6.54. The van der Waals surface area contributed by atoms with Crippen molar-refractivity contribution < 1.29 is 9.53 Å². The predicted octanol–water partition coefficient (Wildman–Crippen LogP) is 5.12. The highest BCUT2D eigenvalue weighted by molar-refractivity contribution is 6.42. The molecule has 0 N–H and O–H groups in total. The minimum absolute atomic E-state index is 0.0950. The van der Waals surface area contributed by atoms with Crippen molar-refractivity contribution in [2.45, 2.75) is 6.92 Å². The molecule has 2 aromatic carbocycles. The molecule has 0 spiro atoms. The van der Waals surface area contributed by atoms with Crippen molar-refractivity contribution in [3.63, 3.8) is 0 Å². The van der Waals surface area contributed by atoms with E-state index in [0.717, 1.165) is 0 Å². The molecule has 0 amide bonds. The molecule has 0 fully saturated rings. The lowest BCUT2D eigenvalue weighted by atomic mass is 10.1. The molecule has 0 aliphatic heterocycles. The van der Waals surface area contributed by atoms with Gasteiger partial charge in [0, 0.05) is 0 Å². The van der Waals surface area contributed by atoms with Gasteiger partial charge in [-0.3, -0.25) is 4.79 Å². The molecular formula is C19H12Cl2N4O2. The second kappa shape index (κ2) is 6.98. The fourth-order valence-electron chi connectivity index (χ4n) is 2.66. The Morgan fingerprint density at radius 2 is 1.89 bits per heavy atom. The summed E-state index contributed by atoms with van der Waals surface area (Å²) in [6.07, 6.45) is 2.98. The number of ether oxygens (including phenoxy) is 1. The van der Waals surface area contributed by atoms with E-state index in [1.54, 1.807) is 53.3 Å². The third kappa shape index (κ3) is 3.25. The molecule has 27 heavy (non-hydrogen) atoms. The van der Waals surface area contributed by atoms with Crippen LogP contribution in [-0.2, 0) is 0 Å². The van der Waals surface area contributed by atoms with Gasteiger partial charge in [0.05, 0.1) is 27.5 Å². The number of nitrogens with zero attached hydrogens (tertiary/aromatic N) is 4. The first-order valence-corrected chi connectivity index (χ1v) is 8.72. The summed E-state index contributed by atoms with van der Waals surface area (Å²) < 4.78 is 7.52. The fourth-order valence-corrected chi connectivity index (χ4v) is 2.95. The topological polar surface area (TPSA) is 69.9 Å². The van der Waals surface area contributed by atoms with Crippen molar-refractivity contribution in [3.05, 3.63) is 70.6 Å². The van der Waals surface area contributed by atoms with Gasteiger partial charge in [-0.25, -0.2) is 14.6 Å². The van der Waals surface area contributed by atoms with Gasteiger partial charge in [0.25, 0.3) is 0 Å². The molecule has 0 saturated carbocycles. The van der Waals surface area contributed by atoms with E-state index in [4.69, 9.17) is 27.9 Å². The van der Waals surface area contributed by atoms with Gasteiger partial charge >= 0.3 is 0 Å². The molecule has 0 bridgehead atoms. The Kier molecular flexibility index (Phi) is 4.51. The molecule has 0 aliphatic carbocycles. The van der Waals surface area contributed by atoms with Crippen LogP contribution in [0, 0.1) is 0 Å². The minimum Gasteiger partial charge on any atom is -0.437 e. The summed E-state index contributed by atoms with van der Waals surface area (Å²) in [5.74, 6) is 0.634. The number of para-hydroxylation sites is 1. The Balaban J connectivity index is 1.80. The smallest absolute Gasteiger partial charge is 0.233 e. The molecule has 8 heteroatoms. The van der Waals surface area contributed by atoms with Crippen molar-refractivity contribution in [1.82, 2.24) is 19.7 Å². The normalized spacial score (nSPS) is 10.9.